The summed E-state index contributed by atoms with van der Waals surface area (Å²) in [5.41, 5.74) is 0. The molecule has 8 heteroatoms. The lowest BCUT2D eigenvalue weighted by atomic mass is 10.3. The Morgan fingerprint density at radius 1 is 0.920 bits per heavy atom. The lowest BCUT2D eigenvalue weighted by molar-refractivity contribution is 0.408. The average Bonchev–Trinajstić information content (AvgIpc) is 3.04. The van der Waals surface area contributed by atoms with Crippen LogP contribution in [0.15, 0.2) is 68.9 Å². The third-order valence-electron chi connectivity index (χ3n) is 4.26. The van der Waals surface area contributed by atoms with Crippen LogP contribution >= 0.6 is 15.9 Å². The Kier molecular flexibility index (Phi) is 5.34. The van der Waals surface area contributed by atoms with Crippen molar-refractivity contribution in [1.29, 1.82) is 0 Å². The van der Waals surface area contributed by atoms with E-state index in [1.165, 1.54) is 28.6 Å². The molecule has 0 aromatic heterocycles. The summed E-state index contributed by atoms with van der Waals surface area (Å²) in [6.45, 7) is 0.341. The number of nitrogens with zero attached hydrogens (tertiary/aromatic N) is 1. The van der Waals surface area contributed by atoms with E-state index in [0.717, 1.165) is 4.47 Å². The smallest absolute Gasteiger partial charge is 0.224 e. The standard InChI is InChI=1S/C17H18BrNO4S2/c18-14-8-10-17(11-9-14)25(22,23)19-12-4-5-15(19)13-24(20,21)16-6-2-1-3-7-16/h1-3,6-11,15H,4-5,12-13H2. The minimum absolute atomic E-state index is 0.180. The number of hydrogen-bond acceptors (Lipinski definition) is 4. The molecule has 0 saturated carbocycles. The predicted octanol–water partition coefficient (Wildman–Crippen LogP) is 3.08. The van der Waals surface area contributed by atoms with E-state index in [2.05, 4.69) is 15.9 Å². The maximum absolute atomic E-state index is 12.9. The van der Waals surface area contributed by atoms with Crippen molar-refractivity contribution in [3.63, 3.8) is 0 Å². The van der Waals surface area contributed by atoms with Crippen LogP contribution < -0.4 is 0 Å². The molecule has 0 radical (unpaired) electrons. The van der Waals surface area contributed by atoms with Crippen LogP contribution in [-0.2, 0) is 19.9 Å². The van der Waals surface area contributed by atoms with E-state index in [9.17, 15) is 16.8 Å². The van der Waals surface area contributed by atoms with Crippen molar-refractivity contribution in [3.8, 4) is 0 Å². The quantitative estimate of drug-likeness (QED) is 0.711. The highest BCUT2D eigenvalue weighted by atomic mass is 79.9. The average molecular weight is 444 g/mol. The van der Waals surface area contributed by atoms with Gasteiger partial charge < -0.3 is 0 Å². The van der Waals surface area contributed by atoms with Crippen molar-refractivity contribution >= 4 is 35.8 Å². The number of halogens is 1. The van der Waals surface area contributed by atoms with Crippen LogP contribution in [0, 0.1) is 0 Å². The highest BCUT2D eigenvalue weighted by molar-refractivity contribution is 9.10. The van der Waals surface area contributed by atoms with Gasteiger partial charge in [-0.3, -0.25) is 0 Å². The summed E-state index contributed by atoms with van der Waals surface area (Å²) in [5, 5.41) is 0. The fourth-order valence-corrected chi connectivity index (χ4v) is 6.68. The predicted molar refractivity (Wildman–Crippen MR) is 99.6 cm³/mol. The first kappa shape index (κ1) is 18.6. The molecule has 0 bridgehead atoms. The highest BCUT2D eigenvalue weighted by Crippen LogP contribution is 2.29. The lowest BCUT2D eigenvalue weighted by Crippen LogP contribution is -2.39. The molecule has 0 aliphatic carbocycles. The normalized spacial score (nSPS) is 19.2. The number of sulfonamides is 1. The van der Waals surface area contributed by atoms with Crippen LogP contribution in [0.1, 0.15) is 12.8 Å². The summed E-state index contributed by atoms with van der Waals surface area (Å²) in [7, 11) is -7.25. The maximum atomic E-state index is 12.9. The van der Waals surface area contributed by atoms with Crippen molar-refractivity contribution in [1.82, 2.24) is 4.31 Å². The Hall–Kier alpha value is -1.22. The second-order valence-corrected chi connectivity index (χ2v) is 10.8. The van der Waals surface area contributed by atoms with Gasteiger partial charge in [-0.15, -0.1) is 0 Å². The molecular formula is C17H18BrNO4S2. The Labute approximate surface area is 156 Å². The molecule has 2 aromatic carbocycles. The van der Waals surface area contributed by atoms with Crippen molar-refractivity contribution in [2.24, 2.45) is 0 Å². The molecule has 134 valence electrons. The fraction of sp³-hybridized carbons (Fsp3) is 0.294. The Balaban J connectivity index is 1.87. The fourth-order valence-electron chi connectivity index (χ4n) is 3.01. The molecule has 0 amide bonds. The van der Waals surface area contributed by atoms with Gasteiger partial charge in [0.2, 0.25) is 10.0 Å². The van der Waals surface area contributed by atoms with Gasteiger partial charge >= 0.3 is 0 Å². The van der Waals surface area contributed by atoms with E-state index in [0.29, 0.717) is 19.4 Å². The zero-order valence-electron chi connectivity index (χ0n) is 13.4. The van der Waals surface area contributed by atoms with Crippen molar-refractivity contribution in [2.45, 2.75) is 28.7 Å². The summed E-state index contributed by atoms with van der Waals surface area (Å²) in [5.74, 6) is -0.202. The van der Waals surface area contributed by atoms with Crippen LogP contribution in [-0.4, -0.2) is 39.5 Å². The van der Waals surface area contributed by atoms with Crippen LogP contribution in [0.5, 0.6) is 0 Å². The largest absolute Gasteiger partial charge is 0.243 e. The molecular weight excluding hydrogens is 426 g/mol. The molecule has 1 fully saturated rings. The van der Waals surface area contributed by atoms with Gasteiger partial charge in [-0.25, -0.2) is 16.8 Å². The van der Waals surface area contributed by atoms with Gasteiger partial charge in [0.1, 0.15) is 0 Å². The van der Waals surface area contributed by atoms with Crippen LogP contribution in [0.25, 0.3) is 0 Å². The molecule has 1 aliphatic heterocycles. The third-order valence-corrected chi connectivity index (χ3v) is 8.57. The van der Waals surface area contributed by atoms with E-state index >= 15 is 0 Å². The Bertz CT molecular complexity index is 942. The molecule has 1 saturated heterocycles. The van der Waals surface area contributed by atoms with E-state index in [1.54, 1.807) is 30.3 Å². The second kappa shape index (κ2) is 7.19. The van der Waals surface area contributed by atoms with Gasteiger partial charge in [0.15, 0.2) is 9.84 Å². The molecule has 2 aromatic rings. The molecule has 1 heterocycles. The summed E-state index contributed by atoms with van der Waals surface area (Å²) in [6, 6.07) is 14.0. The van der Waals surface area contributed by atoms with Gasteiger partial charge in [-0.1, -0.05) is 34.1 Å². The summed E-state index contributed by atoms with van der Waals surface area (Å²) >= 11 is 3.29. The lowest BCUT2D eigenvalue weighted by Gasteiger charge is -2.24. The first-order valence-electron chi connectivity index (χ1n) is 7.86. The molecule has 0 N–H and O–H groups in total. The van der Waals surface area contributed by atoms with Gasteiger partial charge in [0.05, 0.1) is 15.5 Å². The molecule has 1 unspecified atom stereocenters. The monoisotopic (exact) mass is 443 g/mol. The van der Waals surface area contributed by atoms with Crippen LogP contribution in [0.4, 0.5) is 0 Å². The summed E-state index contributed by atoms with van der Waals surface area (Å²) in [4.78, 5) is 0.405. The zero-order chi connectivity index (χ0) is 18.1. The molecule has 25 heavy (non-hydrogen) atoms. The topological polar surface area (TPSA) is 71.5 Å². The molecule has 3 rings (SSSR count). The van der Waals surface area contributed by atoms with E-state index in [4.69, 9.17) is 0 Å². The number of rotatable bonds is 5. The summed E-state index contributed by atoms with van der Waals surface area (Å²) in [6.07, 6.45) is 1.20. The zero-order valence-corrected chi connectivity index (χ0v) is 16.6. The van der Waals surface area contributed by atoms with E-state index in [-0.39, 0.29) is 15.5 Å². The van der Waals surface area contributed by atoms with Crippen molar-refractivity contribution < 1.29 is 16.8 Å². The molecule has 5 nitrogen and oxygen atoms in total. The van der Waals surface area contributed by atoms with E-state index in [1.807, 2.05) is 0 Å². The first-order valence-corrected chi connectivity index (χ1v) is 11.7. The van der Waals surface area contributed by atoms with Gasteiger partial charge in [-0.05, 0) is 49.2 Å². The van der Waals surface area contributed by atoms with Crippen LogP contribution in [0.2, 0.25) is 0 Å². The highest BCUT2D eigenvalue weighted by Gasteiger charge is 2.38. The number of hydrogen-bond donors (Lipinski definition) is 0. The van der Waals surface area contributed by atoms with Gasteiger partial charge in [0.25, 0.3) is 0 Å². The second-order valence-electron chi connectivity index (χ2n) is 5.96. The Morgan fingerprint density at radius 3 is 2.20 bits per heavy atom. The van der Waals surface area contributed by atoms with Crippen molar-refractivity contribution in [3.05, 3.63) is 59.1 Å². The first-order chi connectivity index (χ1) is 11.8. The Morgan fingerprint density at radius 2 is 1.56 bits per heavy atom. The minimum Gasteiger partial charge on any atom is -0.224 e. The molecule has 1 atom stereocenters. The third kappa shape index (κ3) is 3.97. The van der Waals surface area contributed by atoms with Gasteiger partial charge in [0, 0.05) is 17.1 Å². The number of sulfone groups is 1. The van der Waals surface area contributed by atoms with Crippen LogP contribution in [0.3, 0.4) is 0 Å². The van der Waals surface area contributed by atoms with Gasteiger partial charge in [-0.2, -0.15) is 4.31 Å². The maximum Gasteiger partial charge on any atom is 0.243 e. The van der Waals surface area contributed by atoms with Crippen molar-refractivity contribution in [2.75, 3.05) is 12.3 Å². The molecule has 1 aliphatic rings. The minimum atomic E-state index is -3.71. The summed E-state index contributed by atoms with van der Waals surface area (Å²) < 4.78 is 53.1. The van der Waals surface area contributed by atoms with E-state index < -0.39 is 25.9 Å². The molecule has 0 spiro atoms. The SMILES string of the molecule is O=S(=O)(CC1CCCN1S(=O)(=O)c1ccc(Br)cc1)c1ccccc1. The number of benzene rings is 2.